The van der Waals surface area contributed by atoms with E-state index in [-0.39, 0.29) is 5.60 Å². The van der Waals surface area contributed by atoms with Gasteiger partial charge in [0.05, 0.1) is 20.9 Å². The van der Waals surface area contributed by atoms with E-state index in [2.05, 4.69) is 28.7 Å². The van der Waals surface area contributed by atoms with Crippen LogP contribution in [0.4, 0.5) is 5.69 Å². The summed E-state index contributed by atoms with van der Waals surface area (Å²) in [5, 5.41) is 8.76. The van der Waals surface area contributed by atoms with Crippen molar-refractivity contribution in [2.24, 2.45) is 0 Å². The van der Waals surface area contributed by atoms with Gasteiger partial charge in [0, 0.05) is 0 Å². The van der Waals surface area contributed by atoms with Crippen LogP contribution in [-0.2, 0) is 0 Å². The number of anilines is 1. The summed E-state index contributed by atoms with van der Waals surface area (Å²) in [5.41, 5.74) is 6.60. The van der Waals surface area contributed by atoms with Crippen LogP contribution in [0.5, 0.6) is 5.75 Å². The van der Waals surface area contributed by atoms with Crippen LogP contribution in [0.2, 0.25) is 0 Å². The topological polar surface area (TPSA) is 59.0 Å². The largest absolute Gasteiger partial charge is 0.485 e. The van der Waals surface area contributed by atoms with Crippen molar-refractivity contribution in [3.63, 3.8) is 0 Å². The molecule has 1 aromatic carbocycles. The van der Waals surface area contributed by atoms with Crippen LogP contribution in [0.15, 0.2) is 12.1 Å². The first kappa shape index (κ1) is 12.1. The van der Waals surface area contributed by atoms with Crippen LogP contribution in [-0.4, -0.2) is 5.60 Å². The first-order chi connectivity index (χ1) is 6.83. The van der Waals surface area contributed by atoms with E-state index in [1.807, 2.05) is 20.8 Å². The average Bonchev–Trinajstić information content (AvgIpc) is 2.09. The van der Waals surface area contributed by atoms with E-state index < -0.39 is 0 Å². The Bertz CT molecular complexity index is 393. The lowest BCUT2D eigenvalue weighted by Crippen LogP contribution is -2.24. The molecule has 2 N–H and O–H groups in total. The van der Waals surface area contributed by atoms with Gasteiger partial charge in [0.1, 0.15) is 5.60 Å². The highest BCUT2D eigenvalue weighted by molar-refractivity contribution is 14.1. The molecule has 0 radical (unpaired) electrons. The molecular weight excluding hydrogens is 303 g/mol. The van der Waals surface area contributed by atoms with E-state index in [0.717, 1.165) is 3.57 Å². The summed E-state index contributed by atoms with van der Waals surface area (Å²) in [6.07, 6.45) is 0. The third kappa shape index (κ3) is 3.27. The average molecular weight is 316 g/mol. The molecular formula is C11H13IN2O. The molecule has 15 heavy (non-hydrogen) atoms. The third-order valence-corrected chi connectivity index (χ3v) is 2.41. The first-order valence-corrected chi connectivity index (χ1v) is 5.59. The smallest absolute Gasteiger partial charge is 0.156 e. The Kier molecular flexibility index (Phi) is 3.45. The molecule has 1 aromatic rings. The third-order valence-electron chi connectivity index (χ3n) is 1.61. The number of rotatable bonds is 1. The van der Waals surface area contributed by atoms with Crippen molar-refractivity contribution < 1.29 is 4.74 Å². The van der Waals surface area contributed by atoms with Gasteiger partial charge in [0.25, 0.3) is 0 Å². The Hall–Kier alpha value is -0.960. The van der Waals surface area contributed by atoms with E-state index in [4.69, 9.17) is 15.7 Å². The Morgan fingerprint density at radius 2 is 2.00 bits per heavy atom. The maximum atomic E-state index is 8.76. The lowest BCUT2D eigenvalue weighted by molar-refractivity contribution is 0.130. The normalized spacial score (nSPS) is 10.9. The number of halogens is 1. The van der Waals surface area contributed by atoms with Gasteiger partial charge in [-0.2, -0.15) is 5.26 Å². The predicted molar refractivity (Wildman–Crippen MR) is 68.7 cm³/mol. The number of benzene rings is 1. The van der Waals surface area contributed by atoms with E-state index in [0.29, 0.717) is 17.0 Å². The van der Waals surface area contributed by atoms with Crippen LogP contribution in [0.3, 0.4) is 0 Å². The highest BCUT2D eigenvalue weighted by Crippen LogP contribution is 2.32. The van der Waals surface area contributed by atoms with Gasteiger partial charge in [-0.15, -0.1) is 0 Å². The molecule has 0 heterocycles. The monoisotopic (exact) mass is 316 g/mol. The van der Waals surface area contributed by atoms with Gasteiger partial charge >= 0.3 is 0 Å². The minimum Gasteiger partial charge on any atom is -0.485 e. The number of nitrogens with two attached hydrogens (primary N) is 1. The zero-order valence-corrected chi connectivity index (χ0v) is 11.1. The van der Waals surface area contributed by atoms with Crippen molar-refractivity contribution >= 4 is 28.3 Å². The summed E-state index contributed by atoms with van der Waals surface area (Å²) in [6, 6.07) is 5.45. The van der Waals surface area contributed by atoms with E-state index in [1.54, 1.807) is 12.1 Å². The molecule has 3 nitrogen and oxygen atoms in total. The molecule has 4 heteroatoms. The van der Waals surface area contributed by atoms with Crippen molar-refractivity contribution in [2.75, 3.05) is 5.73 Å². The predicted octanol–water partition coefficient (Wildman–Crippen LogP) is 2.92. The summed E-state index contributed by atoms with van der Waals surface area (Å²) in [7, 11) is 0. The van der Waals surface area contributed by atoms with E-state index in [1.165, 1.54) is 0 Å². The molecule has 0 aliphatic heterocycles. The van der Waals surface area contributed by atoms with Crippen LogP contribution in [0.1, 0.15) is 26.3 Å². The fourth-order valence-electron chi connectivity index (χ4n) is 1.09. The number of nitrogen functional groups attached to an aromatic ring is 1. The number of nitrogens with zero attached hydrogens (tertiary/aromatic N) is 1. The van der Waals surface area contributed by atoms with Gasteiger partial charge in [0.2, 0.25) is 0 Å². The molecule has 0 unspecified atom stereocenters. The van der Waals surface area contributed by atoms with Gasteiger partial charge in [-0.3, -0.25) is 0 Å². The van der Waals surface area contributed by atoms with Crippen molar-refractivity contribution in [2.45, 2.75) is 26.4 Å². The number of hydrogen-bond acceptors (Lipinski definition) is 3. The van der Waals surface area contributed by atoms with Crippen molar-refractivity contribution in [1.82, 2.24) is 0 Å². The second kappa shape index (κ2) is 4.27. The SMILES string of the molecule is CC(C)(C)Oc1c(N)cc(C#N)cc1I. The highest BCUT2D eigenvalue weighted by Gasteiger charge is 2.16. The van der Waals surface area contributed by atoms with Gasteiger partial charge < -0.3 is 10.5 Å². The van der Waals surface area contributed by atoms with Crippen LogP contribution in [0, 0.1) is 14.9 Å². The second-order valence-electron chi connectivity index (χ2n) is 4.20. The number of hydrogen-bond donors (Lipinski definition) is 1. The second-order valence-corrected chi connectivity index (χ2v) is 5.36. The highest BCUT2D eigenvalue weighted by atomic mass is 127. The van der Waals surface area contributed by atoms with E-state index >= 15 is 0 Å². The summed E-state index contributed by atoms with van der Waals surface area (Å²) in [4.78, 5) is 0. The van der Waals surface area contributed by atoms with Gasteiger partial charge in [0.15, 0.2) is 5.75 Å². The maximum Gasteiger partial charge on any atom is 0.156 e. The van der Waals surface area contributed by atoms with E-state index in [9.17, 15) is 0 Å². The molecule has 0 fully saturated rings. The van der Waals surface area contributed by atoms with Crippen molar-refractivity contribution in [1.29, 1.82) is 5.26 Å². The van der Waals surface area contributed by atoms with Gasteiger partial charge in [-0.05, 0) is 55.5 Å². The van der Waals surface area contributed by atoms with Crippen molar-refractivity contribution in [3.05, 3.63) is 21.3 Å². The minimum absolute atomic E-state index is 0.289. The molecule has 0 aromatic heterocycles. The lowest BCUT2D eigenvalue weighted by atomic mass is 10.1. The minimum atomic E-state index is -0.289. The van der Waals surface area contributed by atoms with Gasteiger partial charge in [-0.1, -0.05) is 0 Å². The maximum absolute atomic E-state index is 8.76. The quantitative estimate of drug-likeness (QED) is 0.640. The zero-order valence-electron chi connectivity index (χ0n) is 8.97. The molecule has 0 atom stereocenters. The Labute approximate surface area is 103 Å². The molecule has 0 aliphatic rings. The Morgan fingerprint density at radius 3 is 2.40 bits per heavy atom. The van der Waals surface area contributed by atoms with Crippen LogP contribution >= 0.6 is 22.6 Å². The Morgan fingerprint density at radius 1 is 1.40 bits per heavy atom. The molecule has 1 rings (SSSR count). The molecule has 0 bridgehead atoms. The summed E-state index contributed by atoms with van der Waals surface area (Å²) in [6.45, 7) is 5.88. The first-order valence-electron chi connectivity index (χ1n) is 4.51. The summed E-state index contributed by atoms with van der Waals surface area (Å²) in [5.74, 6) is 0.655. The fraction of sp³-hybridized carbons (Fsp3) is 0.364. The standard InChI is InChI=1S/C11H13IN2O/c1-11(2,3)15-10-8(12)4-7(6-13)5-9(10)14/h4-5H,14H2,1-3H3. The van der Waals surface area contributed by atoms with Crippen LogP contribution in [0.25, 0.3) is 0 Å². The molecule has 0 spiro atoms. The van der Waals surface area contributed by atoms with Gasteiger partial charge in [-0.25, -0.2) is 0 Å². The Balaban J connectivity index is 3.16. The zero-order chi connectivity index (χ0) is 11.6. The molecule has 0 saturated carbocycles. The van der Waals surface area contributed by atoms with Crippen molar-refractivity contribution in [3.8, 4) is 11.8 Å². The molecule has 0 amide bonds. The molecule has 80 valence electrons. The molecule has 0 saturated heterocycles. The molecule has 0 aliphatic carbocycles. The number of nitriles is 1. The fourth-order valence-corrected chi connectivity index (χ4v) is 1.85. The van der Waals surface area contributed by atoms with Crippen LogP contribution < -0.4 is 10.5 Å². The summed E-state index contributed by atoms with van der Waals surface area (Å²) >= 11 is 2.12. The lowest BCUT2D eigenvalue weighted by Gasteiger charge is -2.23. The summed E-state index contributed by atoms with van der Waals surface area (Å²) < 4.78 is 6.58. The number of ether oxygens (including phenoxy) is 1.